The lowest BCUT2D eigenvalue weighted by molar-refractivity contribution is -0.124. The molecule has 7 nitrogen and oxygen atoms in total. The third kappa shape index (κ3) is 4.35. The number of hydrogen-bond donors (Lipinski definition) is 1. The summed E-state index contributed by atoms with van der Waals surface area (Å²) in [6.07, 6.45) is 3.33. The Bertz CT molecular complexity index is 729. The van der Waals surface area contributed by atoms with E-state index in [1.54, 1.807) is 25.3 Å². The van der Waals surface area contributed by atoms with Gasteiger partial charge in [-0.25, -0.2) is 14.8 Å². The Hall–Kier alpha value is -2.35. The summed E-state index contributed by atoms with van der Waals surface area (Å²) >= 11 is 1.30. The minimum Gasteiger partial charge on any atom is -0.461 e. The molecule has 0 fully saturated rings. The summed E-state index contributed by atoms with van der Waals surface area (Å²) in [4.78, 5) is 32.6. The second-order valence-corrected chi connectivity index (χ2v) is 6.09. The van der Waals surface area contributed by atoms with E-state index < -0.39 is 5.97 Å². The summed E-state index contributed by atoms with van der Waals surface area (Å²) in [7, 11) is 0. The van der Waals surface area contributed by atoms with Crippen LogP contribution in [0, 0.1) is 6.92 Å². The van der Waals surface area contributed by atoms with E-state index >= 15 is 0 Å². The molecule has 128 valence electrons. The largest absolute Gasteiger partial charge is 0.461 e. The van der Waals surface area contributed by atoms with E-state index in [4.69, 9.17) is 9.15 Å². The van der Waals surface area contributed by atoms with E-state index in [-0.39, 0.29) is 24.1 Å². The second kappa shape index (κ2) is 7.96. The summed E-state index contributed by atoms with van der Waals surface area (Å²) in [5.74, 6) is -0.0582. The molecule has 2 heterocycles. The molecular formula is C16H19N3O4S. The van der Waals surface area contributed by atoms with Crippen LogP contribution >= 0.6 is 11.8 Å². The van der Waals surface area contributed by atoms with Gasteiger partial charge in [-0.1, -0.05) is 0 Å². The third-order valence-electron chi connectivity index (χ3n) is 2.98. The normalized spacial score (nSPS) is 10.7. The summed E-state index contributed by atoms with van der Waals surface area (Å²) in [5.41, 5.74) is 0.727. The molecule has 0 aliphatic carbocycles. The van der Waals surface area contributed by atoms with Gasteiger partial charge >= 0.3 is 5.97 Å². The molecule has 0 atom stereocenters. The van der Waals surface area contributed by atoms with Gasteiger partial charge in [-0.05, 0) is 39.2 Å². The first-order valence-electron chi connectivity index (χ1n) is 7.35. The molecule has 2 aromatic rings. The highest BCUT2D eigenvalue weighted by atomic mass is 32.2. The number of furan rings is 1. The van der Waals surface area contributed by atoms with Crippen molar-refractivity contribution in [3.8, 4) is 11.6 Å². The molecule has 0 spiro atoms. The van der Waals surface area contributed by atoms with Gasteiger partial charge in [0.25, 0.3) is 5.91 Å². The number of nitrogens with one attached hydrogen (secondary N) is 1. The van der Waals surface area contributed by atoms with Crippen molar-refractivity contribution < 1.29 is 18.7 Å². The molecule has 8 heteroatoms. The lowest BCUT2D eigenvalue weighted by atomic mass is 10.2. The lowest BCUT2D eigenvalue weighted by Crippen LogP contribution is -2.34. The Morgan fingerprint density at radius 3 is 2.71 bits per heavy atom. The van der Waals surface area contributed by atoms with E-state index in [2.05, 4.69) is 15.3 Å². The molecule has 2 rings (SSSR count). The topological polar surface area (TPSA) is 94.3 Å². The second-order valence-electron chi connectivity index (χ2n) is 5.29. The third-order valence-corrected chi connectivity index (χ3v) is 3.66. The first kappa shape index (κ1) is 18.0. The van der Waals surface area contributed by atoms with Gasteiger partial charge in [-0.3, -0.25) is 4.79 Å². The molecule has 0 saturated carbocycles. The first-order chi connectivity index (χ1) is 11.4. The van der Waals surface area contributed by atoms with Gasteiger partial charge in [0.05, 0.1) is 12.0 Å². The van der Waals surface area contributed by atoms with Crippen LogP contribution in [0.2, 0.25) is 0 Å². The zero-order valence-electron chi connectivity index (χ0n) is 14.0. The smallest absolute Gasteiger partial charge is 0.343 e. The molecule has 0 bridgehead atoms. The molecule has 0 unspecified atom stereocenters. The van der Waals surface area contributed by atoms with Gasteiger partial charge in [-0.15, -0.1) is 11.8 Å². The van der Waals surface area contributed by atoms with E-state index in [1.165, 1.54) is 18.0 Å². The van der Waals surface area contributed by atoms with Crippen molar-refractivity contribution in [2.24, 2.45) is 0 Å². The van der Waals surface area contributed by atoms with Crippen LogP contribution in [0.15, 0.2) is 27.8 Å². The van der Waals surface area contributed by atoms with Crippen molar-refractivity contribution in [3.63, 3.8) is 0 Å². The number of aromatic nitrogens is 2. The Kier molecular flexibility index (Phi) is 5.97. The monoisotopic (exact) mass is 349 g/mol. The Morgan fingerprint density at radius 2 is 2.12 bits per heavy atom. The highest BCUT2D eigenvalue weighted by Crippen LogP contribution is 2.25. The minimum atomic E-state index is -0.623. The van der Waals surface area contributed by atoms with Crippen molar-refractivity contribution >= 4 is 23.6 Å². The quantitative estimate of drug-likeness (QED) is 0.486. The van der Waals surface area contributed by atoms with Crippen molar-refractivity contribution in [2.45, 2.75) is 31.8 Å². The van der Waals surface area contributed by atoms with Gasteiger partial charge in [0, 0.05) is 6.04 Å². The summed E-state index contributed by atoms with van der Waals surface area (Å²) in [6.45, 7) is 5.01. The SMILES string of the molecule is CSc1nc(-c2ccco2)nc(C)c1C(=O)OCC(=O)NC(C)C. The number of hydrogen-bond acceptors (Lipinski definition) is 7. The Morgan fingerprint density at radius 1 is 1.38 bits per heavy atom. The van der Waals surface area contributed by atoms with E-state index in [0.29, 0.717) is 22.3 Å². The predicted octanol–water partition coefficient (Wildman–Crippen LogP) is 2.45. The van der Waals surface area contributed by atoms with E-state index in [0.717, 1.165) is 0 Å². The number of amides is 1. The molecule has 0 aliphatic heterocycles. The van der Waals surface area contributed by atoms with Gasteiger partial charge in [0.15, 0.2) is 18.2 Å². The van der Waals surface area contributed by atoms with E-state index in [1.807, 2.05) is 13.8 Å². The molecule has 0 aliphatic rings. The number of ether oxygens (including phenoxy) is 1. The molecule has 0 aromatic carbocycles. The summed E-state index contributed by atoms with van der Waals surface area (Å²) < 4.78 is 10.4. The maximum atomic E-state index is 12.3. The minimum absolute atomic E-state index is 0.0180. The molecule has 24 heavy (non-hydrogen) atoms. The average Bonchev–Trinajstić information content (AvgIpc) is 3.05. The number of carbonyl (C=O) groups excluding carboxylic acids is 2. The molecule has 1 amide bonds. The Balaban J connectivity index is 2.20. The Labute approximate surface area is 144 Å². The maximum Gasteiger partial charge on any atom is 0.343 e. The van der Waals surface area contributed by atoms with Crippen LogP contribution in [0.4, 0.5) is 0 Å². The summed E-state index contributed by atoms with van der Waals surface area (Å²) in [6, 6.07) is 3.46. The number of nitrogens with zero attached hydrogens (tertiary/aromatic N) is 2. The van der Waals surface area contributed by atoms with Crippen LogP contribution in [-0.2, 0) is 9.53 Å². The van der Waals surface area contributed by atoms with Crippen molar-refractivity contribution in [1.29, 1.82) is 0 Å². The van der Waals surface area contributed by atoms with Gasteiger partial charge < -0.3 is 14.5 Å². The van der Waals surface area contributed by atoms with Crippen LogP contribution in [0.25, 0.3) is 11.6 Å². The number of carbonyl (C=O) groups is 2. The van der Waals surface area contributed by atoms with Crippen LogP contribution in [-0.4, -0.2) is 40.7 Å². The predicted molar refractivity (Wildman–Crippen MR) is 89.8 cm³/mol. The highest BCUT2D eigenvalue weighted by molar-refractivity contribution is 7.98. The van der Waals surface area contributed by atoms with Crippen LogP contribution in [0.5, 0.6) is 0 Å². The fourth-order valence-corrected chi connectivity index (χ4v) is 2.63. The number of thioether (sulfide) groups is 1. The van der Waals surface area contributed by atoms with Crippen LogP contribution < -0.4 is 5.32 Å². The first-order valence-corrected chi connectivity index (χ1v) is 8.57. The van der Waals surface area contributed by atoms with Crippen molar-refractivity contribution in [1.82, 2.24) is 15.3 Å². The molecular weight excluding hydrogens is 330 g/mol. The van der Waals surface area contributed by atoms with Gasteiger partial charge in [-0.2, -0.15) is 0 Å². The van der Waals surface area contributed by atoms with Gasteiger partial charge in [0.1, 0.15) is 10.6 Å². The fourth-order valence-electron chi connectivity index (χ4n) is 2.01. The van der Waals surface area contributed by atoms with Gasteiger partial charge in [0.2, 0.25) is 0 Å². The van der Waals surface area contributed by atoms with Crippen LogP contribution in [0.1, 0.15) is 29.9 Å². The summed E-state index contributed by atoms with van der Waals surface area (Å²) in [5, 5.41) is 3.13. The maximum absolute atomic E-state index is 12.3. The number of esters is 1. The average molecular weight is 349 g/mol. The molecule has 0 radical (unpaired) electrons. The lowest BCUT2D eigenvalue weighted by Gasteiger charge is -2.12. The highest BCUT2D eigenvalue weighted by Gasteiger charge is 2.21. The fraction of sp³-hybridized carbons (Fsp3) is 0.375. The molecule has 2 aromatic heterocycles. The zero-order valence-corrected chi connectivity index (χ0v) is 14.8. The molecule has 0 saturated heterocycles. The number of rotatable bonds is 6. The van der Waals surface area contributed by atoms with E-state index in [9.17, 15) is 9.59 Å². The van der Waals surface area contributed by atoms with Crippen molar-refractivity contribution in [3.05, 3.63) is 29.7 Å². The zero-order chi connectivity index (χ0) is 17.7. The van der Waals surface area contributed by atoms with Crippen molar-refractivity contribution in [2.75, 3.05) is 12.9 Å². The number of aryl methyl sites for hydroxylation is 1. The standard InChI is InChI=1S/C16H19N3O4S/c1-9(2)17-12(20)8-23-16(21)13-10(3)18-14(19-15(13)24-4)11-6-5-7-22-11/h5-7,9H,8H2,1-4H3,(H,17,20). The van der Waals surface area contributed by atoms with Crippen LogP contribution in [0.3, 0.4) is 0 Å². The molecule has 1 N–H and O–H groups in total.